The van der Waals surface area contributed by atoms with Crippen LogP contribution in [0.4, 0.5) is 0 Å². The zero-order valence-electron chi connectivity index (χ0n) is 11.7. The van der Waals surface area contributed by atoms with Crippen LogP contribution in [-0.4, -0.2) is 28.4 Å². The standard InChI is InChI=1S/C17H17NO3/c19-15(11-18-16(20)9-4-10-17(18)21)14-8-3-6-12-5-1-2-7-13(12)14/h1-3,5-8,15,19H,4,9-11H2. The highest BCUT2D eigenvalue weighted by Gasteiger charge is 2.28. The fourth-order valence-corrected chi connectivity index (χ4v) is 2.82. The van der Waals surface area contributed by atoms with Crippen LogP contribution in [0.3, 0.4) is 0 Å². The normalized spacial score (nSPS) is 17.3. The van der Waals surface area contributed by atoms with Crippen molar-refractivity contribution in [3.05, 3.63) is 48.0 Å². The fraction of sp³-hybridized carbons (Fsp3) is 0.294. The Labute approximate surface area is 123 Å². The van der Waals surface area contributed by atoms with E-state index in [1.807, 2.05) is 42.5 Å². The van der Waals surface area contributed by atoms with Gasteiger partial charge in [0.15, 0.2) is 0 Å². The molecule has 0 saturated carbocycles. The number of nitrogens with zero attached hydrogens (tertiary/aromatic N) is 1. The Morgan fingerprint density at radius 3 is 2.43 bits per heavy atom. The van der Waals surface area contributed by atoms with E-state index in [1.54, 1.807) is 0 Å². The summed E-state index contributed by atoms with van der Waals surface area (Å²) in [6.07, 6.45) is 0.516. The summed E-state index contributed by atoms with van der Waals surface area (Å²) in [6.45, 7) is 0.0334. The van der Waals surface area contributed by atoms with E-state index in [0.29, 0.717) is 19.3 Å². The molecule has 3 rings (SSSR count). The van der Waals surface area contributed by atoms with Gasteiger partial charge in [-0.2, -0.15) is 0 Å². The molecular weight excluding hydrogens is 266 g/mol. The van der Waals surface area contributed by atoms with Gasteiger partial charge in [-0.1, -0.05) is 42.5 Å². The first-order valence-electron chi connectivity index (χ1n) is 7.16. The van der Waals surface area contributed by atoms with Crippen LogP contribution in [-0.2, 0) is 9.59 Å². The molecular formula is C17H17NO3. The van der Waals surface area contributed by atoms with Gasteiger partial charge in [0.25, 0.3) is 0 Å². The monoisotopic (exact) mass is 283 g/mol. The third-order valence-electron chi connectivity index (χ3n) is 3.92. The second kappa shape index (κ2) is 5.66. The van der Waals surface area contributed by atoms with E-state index in [1.165, 1.54) is 4.90 Å². The van der Waals surface area contributed by atoms with E-state index in [9.17, 15) is 14.7 Å². The number of amides is 2. The Morgan fingerprint density at radius 1 is 1.00 bits per heavy atom. The number of aliphatic hydroxyl groups excluding tert-OH is 1. The molecule has 0 aliphatic carbocycles. The van der Waals surface area contributed by atoms with Crippen molar-refractivity contribution in [2.24, 2.45) is 0 Å². The van der Waals surface area contributed by atoms with E-state index in [4.69, 9.17) is 0 Å². The van der Waals surface area contributed by atoms with Crippen LogP contribution in [0.15, 0.2) is 42.5 Å². The Hall–Kier alpha value is -2.20. The molecule has 4 heteroatoms. The van der Waals surface area contributed by atoms with Crippen molar-refractivity contribution in [3.8, 4) is 0 Å². The van der Waals surface area contributed by atoms with Crippen molar-refractivity contribution in [1.29, 1.82) is 0 Å². The number of benzene rings is 2. The van der Waals surface area contributed by atoms with Gasteiger partial charge in [-0.3, -0.25) is 14.5 Å². The molecule has 2 aromatic carbocycles. The Balaban J connectivity index is 1.88. The molecule has 108 valence electrons. The summed E-state index contributed by atoms with van der Waals surface area (Å²) in [5.74, 6) is -0.379. The molecule has 1 fully saturated rings. The van der Waals surface area contributed by atoms with Crippen molar-refractivity contribution < 1.29 is 14.7 Å². The molecule has 0 spiro atoms. The highest BCUT2D eigenvalue weighted by molar-refractivity contribution is 5.97. The average Bonchev–Trinajstić information content (AvgIpc) is 2.50. The number of imide groups is 1. The van der Waals surface area contributed by atoms with Gasteiger partial charge in [0.2, 0.25) is 11.8 Å². The van der Waals surface area contributed by atoms with Crippen LogP contribution >= 0.6 is 0 Å². The molecule has 1 unspecified atom stereocenters. The topological polar surface area (TPSA) is 57.6 Å². The molecule has 1 atom stereocenters. The lowest BCUT2D eigenvalue weighted by molar-refractivity contribution is -0.149. The summed E-state index contributed by atoms with van der Waals surface area (Å²) in [7, 11) is 0. The van der Waals surface area contributed by atoms with Gasteiger partial charge in [-0.15, -0.1) is 0 Å². The number of piperidine rings is 1. The summed E-state index contributed by atoms with van der Waals surface area (Å²) in [5, 5.41) is 12.4. The molecule has 0 bridgehead atoms. The highest BCUT2D eigenvalue weighted by Crippen LogP contribution is 2.26. The summed E-state index contributed by atoms with van der Waals surface area (Å²) in [6, 6.07) is 13.5. The lowest BCUT2D eigenvalue weighted by atomic mass is 9.99. The van der Waals surface area contributed by atoms with Crippen molar-refractivity contribution >= 4 is 22.6 Å². The number of rotatable bonds is 3. The summed E-state index contributed by atoms with van der Waals surface area (Å²) < 4.78 is 0. The Bertz CT molecular complexity index is 674. The number of likely N-dealkylation sites (tertiary alicyclic amines) is 1. The first kappa shape index (κ1) is 13.8. The first-order chi connectivity index (χ1) is 10.2. The van der Waals surface area contributed by atoms with E-state index >= 15 is 0 Å². The molecule has 2 aromatic rings. The van der Waals surface area contributed by atoms with Gasteiger partial charge < -0.3 is 5.11 Å². The van der Waals surface area contributed by atoms with Gasteiger partial charge in [0.1, 0.15) is 0 Å². The van der Waals surface area contributed by atoms with Crippen LogP contribution in [0, 0.1) is 0 Å². The lowest BCUT2D eigenvalue weighted by Gasteiger charge is -2.27. The molecule has 0 radical (unpaired) electrons. The van der Waals surface area contributed by atoms with Crippen LogP contribution < -0.4 is 0 Å². The highest BCUT2D eigenvalue weighted by atomic mass is 16.3. The van der Waals surface area contributed by atoms with Gasteiger partial charge in [-0.05, 0) is 22.8 Å². The van der Waals surface area contributed by atoms with Crippen LogP contribution in [0.1, 0.15) is 30.9 Å². The van der Waals surface area contributed by atoms with Gasteiger partial charge >= 0.3 is 0 Å². The third kappa shape index (κ3) is 2.67. The maximum atomic E-state index is 11.8. The minimum Gasteiger partial charge on any atom is -0.387 e. The zero-order valence-corrected chi connectivity index (χ0v) is 11.7. The fourth-order valence-electron chi connectivity index (χ4n) is 2.82. The lowest BCUT2D eigenvalue weighted by Crippen LogP contribution is -2.42. The second-order valence-electron chi connectivity index (χ2n) is 5.34. The maximum Gasteiger partial charge on any atom is 0.229 e. The molecule has 21 heavy (non-hydrogen) atoms. The SMILES string of the molecule is O=C1CCCC(=O)N1CC(O)c1cccc2ccccc12. The second-order valence-corrected chi connectivity index (χ2v) is 5.34. The predicted molar refractivity (Wildman–Crippen MR) is 79.5 cm³/mol. The van der Waals surface area contributed by atoms with Crippen molar-refractivity contribution in [1.82, 2.24) is 4.90 Å². The molecule has 4 nitrogen and oxygen atoms in total. The number of carbonyl (C=O) groups is 2. The Kier molecular flexibility index (Phi) is 3.71. The van der Waals surface area contributed by atoms with Gasteiger partial charge in [0.05, 0.1) is 12.6 Å². The van der Waals surface area contributed by atoms with Crippen LogP contribution in [0.25, 0.3) is 10.8 Å². The predicted octanol–water partition coefficient (Wildman–Crippen LogP) is 2.41. The van der Waals surface area contributed by atoms with Crippen LogP contribution in [0.2, 0.25) is 0 Å². The van der Waals surface area contributed by atoms with E-state index in [-0.39, 0.29) is 18.4 Å². The average molecular weight is 283 g/mol. The van der Waals surface area contributed by atoms with Gasteiger partial charge in [0, 0.05) is 12.8 Å². The minimum absolute atomic E-state index is 0.0334. The van der Waals surface area contributed by atoms with E-state index in [2.05, 4.69) is 0 Å². The maximum absolute atomic E-state index is 11.8. The van der Waals surface area contributed by atoms with E-state index in [0.717, 1.165) is 16.3 Å². The van der Waals surface area contributed by atoms with Crippen molar-refractivity contribution in [2.75, 3.05) is 6.54 Å². The van der Waals surface area contributed by atoms with Crippen molar-refractivity contribution in [2.45, 2.75) is 25.4 Å². The van der Waals surface area contributed by atoms with E-state index < -0.39 is 6.10 Å². The molecule has 1 heterocycles. The van der Waals surface area contributed by atoms with Crippen LogP contribution in [0.5, 0.6) is 0 Å². The number of hydrogen-bond donors (Lipinski definition) is 1. The smallest absolute Gasteiger partial charge is 0.229 e. The summed E-state index contributed by atoms with van der Waals surface area (Å²) in [4.78, 5) is 24.8. The number of hydrogen-bond acceptors (Lipinski definition) is 3. The third-order valence-corrected chi connectivity index (χ3v) is 3.92. The minimum atomic E-state index is -0.859. The summed E-state index contributed by atoms with van der Waals surface area (Å²) >= 11 is 0. The number of β-amino-alcohol motifs (C(OH)–C–C–N with tert-alkyl or cyclic N) is 1. The molecule has 1 saturated heterocycles. The molecule has 2 amide bonds. The van der Waals surface area contributed by atoms with Gasteiger partial charge in [-0.25, -0.2) is 0 Å². The molecule has 0 aromatic heterocycles. The number of carbonyl (C=O) groups excluding carboxylic acids is 2. The molecule has 1 aliphatic heterocycles. The summed E-state index contributed by atoms with van der Waals surface area (Å²) in [5.41, 5.74) is 0.749. The quantitative estimate of drug-likeness (QED) is 0.880. The first-order valence-corrected chi connectivity index (χ1v) is 7.16. The number of aliphatic hydroxyl groups is 1. The molecule has 1 aliphatic rings. The zero-order chi connectivity index (χ0) is 14.8. The number of fused-ring (bicyclic) bond motifs is 1. The molecule has 1 N–H and O–H groups in total. The van der Waals surface area contributed by atoms with Crippen molar-refractivity contribution in [3.63, 3.8) is 0 Å². The largest absolute Gasteiger partial charge is 0.387 e. The Morgan fingerprint density at radius 2 is 1.67 bits per heavy atom.